The Kier molecular flexibility index (Phi) is 3.07. The van der Waals surface area contributed by atoms with Crippen molar-refractivity contribution in [2.24, 2.45) is 0 Å². The second-order valence-corrected chi connectivity index (χ2v) is 3.86. The van der Waals surface area contributed by atoms with E-state index >= 15 is 0 Å². The molecule has 16 heavy (non-hydrogen) atoms. The van der Waals surface area contributed by atoms with E-state index in [1.54, 1.807) is 24.4 Å². The van der Waals surface area contributed by atoms with Gasteiger partial charge in [0, 0.05) is 11.5 Å². The molecule has 0 saturated carbocycles. The molecular weight excluding hydrogens is 271 g/mol. The number of rotatable bonds is 2. The fraction of sp³-hybridized carbons (Fsp3) is 0.0833. The lowest BCUT2D eigenvalue weighted by molar-refractivity contribution is 0.616. The first-order valence-corrected chi connectivity index (χ1v) is 5.80. The summed E-state index contributed by atoms with van der Waals surface area (Å²) in [5.74, 6) is -0.329. The highest BCUT2D eigenvalue weighted by molar-refractivity contribution is 9.08. The molecule has 1 heterocycles. The van der Waals surface area contributed by atoms with E-state index in [0.29, 0.717) is 16.7 Å². The average molecular weight is 279 g/mol. The lowest BCUT2D eigenvalue weighted by atomic mass is 10.2. The van der Waals surface area contributed by atoms with Gasteiger partial charge in [0.15, 0.2) is 0 Å². The number of hydrogen-bond acceptors (Lipinski definition) is 1. The van der Waals surface area contributed by atoms with Gasteiger partial charge in [-0.3, -0.25) is 0 Å². The van der Waals surface area contributed by atoms with Crippen LogP contribution in [0.3, 0.4) is 0 Å². The van der Waals surface area contributed by atoms with Crippen LogP contribution in [0.15, 0.2) is 36.5 Å². The van der Waals surface area contributed by atoms with Gasteiger partial charge in [0.2, 0.25) is 0 Å². The summed E-state index contributed by atoms with van der Waals surface area (Å²) in [6.45, 7) is 0. The van der Waals surface area contributed by atoms with Crippen LogP contribution in [0.25, 0.3) is 5.69 Å². The van der Waals surface area contributed by atoms with Gasteiger partial charge in [-0.05, 0) is 29.8 Å². The number of nitriles is 1. The van der Waals surface area contributed by atoms with Crippen molar-refractivity contribution in [3.05, 3.63) is 53.6 Å². The number of benzene rings is 1. The predicted octanol–water partition coefficient (Wildman–Crippen LogP) is 3.38. The van der Waals surface area contributed by atoms with E-state index in [1.807, 2.05) is 12.1 Å². The molecule has 1 aromatic carbocycles. The third-order valence-corrected chi connectivity index (χ3v) is 2.94. The highest BCUT2D eigenvalue weighted by Gasteiger charge is 2.08. The molecule has 0 N–H and O–H groups in total. The van der Waals surface area contributed by atoms with Crippen molar-refractivity contribution >= 4 is 15.9 Å². The maximum atomic E-state index is 13.8. The molecule has 0 bridgehead atoms. The average Bonchev–Trinajstić information content (AvgIpc) is 2.76. The van der Waals surface area contributed by atoms with Gasteiger partial charge in [-0.1, -0.05) is 22.0 Å². The summed E-state index contributed by atoms with van der Waals surface area (Å²) >= 11 is 3.27. The smallest absolute Gasteiger partial charge is 0.147 e. The Morgan fingerprint density at radius 2 is 2.19 bits per heavy atom. The molecule has 2 nitrogen and oxygen atoms in total. The zero-order chi connectivity index (χ0) is 11.5. The van der Waals surface area contributed by atoms with Crippen LogP contribution < -0.4 is 0 Å². The standard InChI is InChI=1S/C12H8BrFN2/c13-7-9-3-4-12(11(14)6-9)16-5-1-2-10(16)8-15/h1-6H,7H2. The fourth-order valence-electron chi connectivity index (χ4n) is 1.51. The molecule has 0 aliphatic rings. The quantitative estimate of drug-likeness (QED) is 0.775. The number of nitrogens with zero attached hydrogens (tertiary/aromatic N) is 2. The van der Waals surface area contributed by atoms with Crippen LogP contribution in [0.4, 0.5) is 4.39 Å². The van der Waals surface area contributed by atoms with Gasteiger partial charge in [0.05, 0.1) is 5.69 Å². The zero-order valence-corrected chi connectivity index (χ0v) is 9.91. The summed E-state index contributed by atoms with van der Waals surface area (Å²) in [6.07, 6.45) is 1.67. The van der Waals surface area contributed by atoms with Crippen molar-refractivity contribution in [3.8, 4) is 11.8 Å². The molecule has 2 aromatic rings. The molecule has 80 valence electrons. The first-order valence-electron chi connectivity index (χ1n) is 4.68. The van der Waals surface area contributed by atoms with Crippen molar-refractivity contribution in [2.45, 2.75) is 5.33 Å². The van der Waals surface area contributed by atoms with Crippen LogP contribution in [0.2, 0.25) is 0 Å². The summed E-state index contributed by atoms with van der Waals surface area (Å²) in [5.41, 5.74) is 1.68. The third-order valence-electron chi connectivity index (χ3n) is 2.29. The molecule has 0 atom stereocenters. The molecule has 1 aromatic heterocycles. The van der Waals surface area contributed by atoms with E-state index in [9.17, 15) is 4.39 Å². The highest BCUT2D eigenvalue weighted by Crippen LogP contribution is 2.18. The Balaban J connectivity index is 2.53. The summed E-state index contributed by atoms with van der Waals surface area (Å²) in [4.78, 5) is 0. The minimum absolute atomic E-state index is 0.329. The van der Waals surface area contributed by atoms with Crippen molar-refractivity contribution in [3.63, 3.8) is 0 Å². The summed E-state index contributed by atoms with van der Waals surface area (Å²) in [6, 6.07) is 10.4. The first kappa shape index (κ1) is 10.9. The van der Waals surface area contributed by atoms with Gasteiger partial charge in [-0.15, -0.1) is 0 Å². The molecular formula is C12H8BrFN2. The van der Waals surface area contributed by atoms with Crippen molar-refractivity contribution in [1.29, 1.82) is 5.26 Å². The van der Waals surface area contributed by atoms with Crippen LogP contribution in [0.5, 0.6) is 0 Å². The van der Waals surface area contributed by atoms with Crippen molar-refractivity contribution in [2.75, 3.05) is 0 Å². The van der Waals surface area contributed by atoms with E-state index in [1.165, 1.54) is 10.6 Å². The Morgan fingerprint density at radius 1 is 1.38 bits per heavy atom. The van der Waals surface area contributed by atoms with Crippen LogP contribution in [0.1, 0.15) is 11.3 Å². The van der Waals surface area contributed by atoms with Gasteiger partial charge < -0.3 is 4.57 Å². The second kappa shape index (κ2) is 4.50. The molecule has 0 amide bonds. The predicted molar refractivity (Wildman–Crippen MR) is 63.1 cm³/mol. The van der Waals surface area contributed by atoms with Crippen LogP contribution in [-0.4, -0.2) is 4.57 Å². The molecule has 0 aliphatic carbocycles. The van der Waals surface area contributed by atoms with Gasteiger partial charge in [-0.2, -0.15) is 5.26 Å². The maximum Gasteiger partial charge on any atom is 0.147 e. The zero-order valence-electron chi connectivity index (χ0n) is 8.32. The summed E-state index contributed by atoms with van der Waals surface area (Å²) in [7, 11) is 0. The van der Waals surface area contributed by atoms with Crippen molar-refractivity contribution < 1.29 is 4.39 Å². The lowest BCUT2D eigenvalue weighted by Crippen LogP contribution is -1.99. The Hall–Kier alpha value is -1.60. The van der Waals surface area contributed by atoms with Crippen LogP contribution >= 0.6 is 15.9 Å². The number of hydrogen-bond donors (Lipinski definition) is 0. The van der Waals surface area contributed by atoms with E-state index in [0.717, 1.165) is 5.56 Å². The minimum atomic E-state index is -0.329. The largest absolute Gasteiger partial charge is 0.305 e. The number of aromatic nitrogens is 1. The molecule has 0 unspecified atom stereocenters. The van der Waals surface area contributed by atoms with Gasteiger partial charge >= 0.3 is 0 Å². The fourth-order valence-corrected chi connectivity index (χ4v) is 1.86. The van der Waals surface area contributed by atoms with E-state index in [4.69, 9.17) is 5.26 Å². The topological polar surface area (TPSA) is 28.7 Å². The lowest BCUT2D eigenvalue weighted by Gasteiger charge is -2.07. The molecule has 2 rings (SSSR count). The van der Waals surface area contributed by atoms with Crippen molar-refractivity contribution in [1.82, 2.24) is 4.57 Å². The molecule has 0 aliphatic heterocycles. The monoisotopic (exact) mass is 278 g/mol. The summed E-state index contributed by atoms with van der Waals surface area (Å²) in [5, 5.41) is 9.47. The number of alkyl halides is 1. The highest BCUT2D eigenvalue weighted by atomic mass is 79.9. The molecule has 0 fully saturated rings. The normalized spacial score (nSPS) is 10.1. The maximum absolute atomic E-state index is 13.8. The molecule has 0 saturated heterocycles. The van der Waals surface area contributed by atoms with Gasteiger partial charge in [0.1, 0.15) is 17.6 Å². The third kappa shape index (κ3) is 1.86. The van der Waals surface area contributed by atoms with E-state index < -0.39 is 0 Å². The van der Waals surface area contributed by atoms with Gasteiger partial charge in [0.25, 0.3) is 0 Å². The SMILES string of the molecule is N#Cc1cccn1-c1ccc(CBr)cc1F. The van der Waals surface area contributed by atoms with Crippen LogP contribution in [0, 0.1) is 17.1 Å². The number of halogens is 2. The Morgan fingerprint density at radius 3 is 2.81 bits per heavy atom. The van der Waals surface area contributed by atoms with Gasteiger partial charge in [-0.25, -0.2) is 4.39 Å². The first-order chi connectivity index (χ1) is 7.76. The Bertz CT molecular complexity index is 554. The summed E-state index contributed by atoms with van der Waals surface area (Å²) < 4.78 is 15.3. The van der Waals surface area contributed by atoms with Crippen LogP contribution in [-0.2, 0) is 5.33 Å². The molecule has 4 heteroatoms. The molecule has 0 radical (unpaired) electrons. The Labute approximate surface area is 101 Å². The van der Waals surface area contributed by atoms with E-state index in [-0.39, 0.29) is 5.82 Å². The minimum Gasteiger partial charge on any atom is -0.305 e. The second-order valence-electron chi connectivity index (χ2n) is 3.29. The van der Waals surface area contributed by atoms with E-state index in [2.05, 4.69) is 15.9 Å². The molecule has 0 spiro atoms.